The highest BCUT2D eigenvalue weighted by Gasteiger charge is 2.13. The third-order valence-corrected chi connectivity index (χ3v) is 3.19. The molecule has 0 aromatic heterocycles. The lowest BCUT2D eigenvalue weighted by Gasteiger charge is -2.08. The minimum absolute atomic E-state index is 0.0994. The van der Waals surface area contributed by atoms with Crippen LogP contribution in [0.15, 0.2) is 42.5 Å². The molecule has 0 fully saturated rings. The fraction of sp³-hybridized carbons (Fsp3) is 0. The maximum Gasteiger partial charge on any atom is 0.328 e. The monoisotopic (exact) mass is 402 g/mol. The molecule has 108 valence electrons. The van der Waals surface area contributed by atoms with Crippen LogP contribution in [0.5, 0.6) is 11.5 Å². The minimum Gasteiger partial charge on any atom is -0.478 e. The molecule has 0 heterocycles. The molecule has 0 spiro atoms. The van der Waals surface area contributed by atoms with E-state index < -0.39 is 23.4 Å². The zero-order valence-electron chi connectivity index (χ0n) is 10.5. The summed E-state index contributed by atoms with van der Waals surface area (Å²) >= 11 is 2.10. The molecule has 0 saturated heterocycles. The Balaban J connectivity index is 2.28. The van der Waals surface area contributed by atoms with Crippen LogP contribution >= 0.6 is 22.6 Å². The molecule has 2 aromatic carbocycles. The molecule has 0 aliphatic carbocycles. The van der Waals surface area contributed by atoms with Crippen molar-refractivity contribution in [2.75, 3.05) is 0 Å². The topological polar surface area (TPSA) is 46.5 Å². The van der Waals surface area contributed by atoms with Crippen LogP contribution in [0.4, 0.5) is 8.78 Å². The number of hydrogen-bond donors (Lipinski definition) is 1. The van der Waals surface area contributed by atoms with Gasteiger partial charge < -0.3 is 9.84 Å². The lowest BCUT2D eigenvalue weighted by Crippen LogP contribution is -1.94. The van der Waals surface area contributed by atoms with Crippen molar-refractivity contribution in [1.82, 2.24) is 0 Å². The molecule has 0 atom stereocenters. The summed E-state index contributed by atoms with van der Waals surface area (Å²) in [4.78, 5) is 10.4. The molecule has 2 rings (SSSR count). The Morgan fingerprint density at radius 3 is 2.24 bits per heavy atom. The number of rotatable bonds is 4. The van der Waals surface area contributed by atoms with E-state index in [0.717, 1.165) is 27.9 Å². The zero-order valence-corrected chi connectivity index (χ0v) is 12.7. The van der Waals surface area contributed by atoms with Crippen molar-refractivity contribution in [3.05, 3.63) is 63.2 Å². The highest BCUT2D eigenvalue weighted by molar-refractivity contribution is 14.1. The van der Waals surface area contributed by atoms with Crippen molar-refractivity contribution < 1.29 is 23.4 Å². The van der Waals surface area contributed by atoms with Gasteiger partial charge in [0.1, 0.15) is 5.75 Å². The van der Waals surface area contributed by atoms with E-state index in [9.17, 15) is 13.6 Å². The number of aliphatic carboxylic acids is 1. The second kappa shape index (κ2) is 6.66. The van der Waals surface area contributed by atoms with Gasteiger partial charge in [0.2, 0.25) is 0 Å². The lowest BCUT2D eigenvalue weighted by molar-refractivity contribution is -0.131. The number of carboxylic acids is 1. The summed E-state index contributed by atoms with van der Waals surface area (Å²) in [6.45, 7) is 0. The zero-order chi connectivity index (χ0) is 15.4. The fourth-order valence-corrected chi connectivity index (χ4v) is 1.92. The van der Waals surface area contributed by atoms with Gasteiger partial charge in [-0.2, -0.15) is 0 Å². The first-order valence-corrected chi connectivity index (χ1v) is 6.87. The molecule has 0 bridgehead atoms. The van der Waals surface area contributed by atoms with Crippen molar-refractivity contribution in [2.45, 2.75) is 0 Å². The van der Waals surface area contributed by atoms with Gasteiger partial charge in [0, 0.05) is 9.65 Å². The number of hydrogen-bond acceptors (Lipinski definition) is 2. The van der Waals surface area contributed by atoms with Crippen molar-refractivity contribution in [3.63, 3.8) is 0 Å². The molecule has 2 aromatic rings. The normalized spacial score (nSPS) is 10.8. The van der Waals surface area contributed by atoms with E-state index in [-0.39, 0.29) is 5.56 Å². The number of carboxylic acid groups (broad SMARTS) is 1. The molecule has 0 radical (unpaired) electrons. The van der Waals surface area contributed by atoms with Gasteiger partial charge in [0.05, 0.1) is 0 Å². The average molecular weight is 402 g/mol. The van der Waals surface area contributed by atoms with Gasteiger partial charge in [-0.05, 0) is 70.6 Å². The van der Waals surface area contributed by atoms with E-state index in [4.69, 9.17) is 9.84 Å². The average Bonchev–Trinajstić information content (AvgIpc) is 2.42. The first-order chi connectivity index (χ1) is 9.95. The second-order valence-electron chi connectivity index (χ2n) is 4.04. The van der Waals surface area contributed by atoms with Crippen LogP contribution in [0.25, 0.3) is 6.08 Å². The SMILES string of the molecule is O=C(O)C=Cc1cc(F)c(Oc2ccc(I)cc2)c(F)c1. The highest BCUT2D eigenvalue weighted by atomic mass is 127. The lowest BCUT2D eigenvalue weighted by atomic mass is 10.2. The largest absolute Gasteiger partial charge is 0.478 e. The van der Waals surface area contributed by atoms with E-state index in [1.54, 1.807) is 24.3 Å². The number of halogens is 3. The van der Waals surface area contributed by atoms with Gasteiger partial charge >= 0.3 is 5.97 Å². The molecular formula is C15H9F2IO3. The summed E-state index contributed by atoms with van der Waals surface area (Å²) < 4.78 is 33.9. The second-order valence-corrected chi connectivity index (χ2v) is 5.29. The van der Waals surface area contributed by atoms with Gasteiger partial charge in [-0.25, -0.2) is 13.6 Å². The predicted octanol–water partition coefficient (Wildman–Crippen LogP) is 4.46. The molecule has 1 N–H and O–H groups in total. The Bertz CT molecular complexity index is 674. The van der Waals surface area contributed by atoms with Gasteiger partial charge in [0.25, 0.3) is 0 Å². The van der Waals surface area contributed by atoms with E-state index in [1.807, 2.05) is 0 Å². The Kier molecular flexibility index (Phi) is 4.89. The number of carbonyl (C=O) groups is 1. The smallest absolute Gasteiger partial charge is 0.328 e. The quantitative estimate of drug-likeness (QED) is 0.607. The molecule has 0 aliphatic rings. The van der Waals surface area contributed by atoms with Crippen LogP contribution in [-0.4, -0.2) is 11.1 Å². The molecule has 21 heavy (non-hydrogen) atoms. The maximum absolute atomic E-state index is 13.9. The molecule has 0 amide bonds. The van der Waals surface area contributed by atoms with Crippen LogP contribution in [0.1, 0.15) is 5.56 Å². The summed E-state index contributed by atoms with van der Waals surface area (Å²) in [7, 11) is 0. The number of benzene rings is 2. The summed E-state index contributed by atoms with van der Waals surface area (Å²) in [6, 6.07) is 8.69. The van der Waals surface area contributed by atoms with Gasteiger partial charge in [-0.15, -0.1) is 0 Å². The first-order valence-electron chi connectivity index (χ1n) is 5.79. The highest BCUT2D eigenvalue weighted by Crippen LogP contribution is 2.29. The third-order valence-electron chi connectivity index (χ3n) is 2.47. The van der Waals surface area contributed by atoms with Gasteiger partial charge in [0.15, 0.2) is 17.4 Å². The molecular weight excluding hydrogens is 393 g/mol. The summed E-state index contributed by atoms with van der Waals surface area (Å²) in [5.41, 5.74) is 0.0994. The van der Waals surface area contributed by atoms with Crippen molar-refractivity contribution >= 4 is 34.6 Å². The van der Waals surface area contributed by atoms with E-state index in [0.29, 0.717) is 5.75 Å². The Morgan fingerprint density at radius 2 is 1.71 bits per heavy atom. The number of ether oxygens (including phenoxy) is 1. The van der Waals surface area contributed by atoms with Crippen LogP contribution in [0.3, 0.4) is 0 Å². The van der Waals surface area contributed by atoms with E-state index >= 15 is 0 Å². The summed E-state index contributed by atoms with van der Waals surface area (Å²) in [5, 5.41) is 8.49. The minimum atomic E-state index is -1.20. The predicted molar refractivity (Wildman–Crippen MR) is 82.3 cm³/mol. The molecule has 3 nitrogen and oxygen atoms in total. The van der Waals surface area contributed by atoms with Crippen LogP contribution in [-0.2, 0) is 4.79 Å². The maximum atomic E-state index is 13.9. The Labute approximate surface area is 133 Å². The van der Waals surface area contributed by atoms with Gasteiger partial charge in [-0.1, -0.05) is 0 Å². The van der Waals surface area contributed by atoms with Crippen molar-refractivity contribution in [2.24, 2.45) is 0 Å². The fourth-order valence-electron chi connectivity index (χ4n) is 1.56. The summed E-state index contributed by atoms with van der Waals surface area (Å²) in [5.74, 6) is -3.22. The Morgan fingerprint density at radius 1 is 1.14 bits per heavy atom. The van der Waals surface area contributed by atoms with E-state index in [1.165, 1.54) is 0 Å². The van der Waals surface area contributed by atoms with Gasteiger partial charge in [-0.3, -0.25) is 0 Å². The van der Waals surface area contributed by atoms with Crippen molar-refractivity contribution in [1.29, 1.82) is 0 Å². The molecule has 0 saturated carbocycles. The first kappa shape index (κ1) is 15.4. The van der Waals surface area contributed by atoms with Crippen LogP contribution < -0.4 is 4.74 Å². The molecule has 0 unspecified atom stereocenters. The molecule has 0 aliphatic heterocycles. The van der Waals surface area contributed by atoms with Crippen LogP contribution in [0.2, 0.25) is 0 Å². The van der Waals surface area contributed by atoms with E-state index in [2.05, 4.69) is 22.6 Å². The standard InChI is InChI=1S/C15H9F2IO3/c16-12-7-9(1-6-14(19)20)8-13(17)15(12)21-11-4-2-10(18)3-5-11/h1-8H,(H,19,20). The summed E-state index contributed by atoms with van der Waals surface area (Å²) in [6.07, 6.45) is 1.90. The molecule has 6 heteroatoms. The van der Waals surface area contributed by atoms with Crippen molar-refractivity contribution in [3.8, 4) is 11.5 Å². The Hall–Kier alpha value is -1.96. The third kappa shape index (κ3) is 4.25. The van der Waals surface area contributed by atoms with Crippen LogP contribution in [0, 0.1) is 15.2 Å².